The van der Waals surface area contributed by atoms with Crippen LogP contribution < -0.4 is 10.9 Å². The zero-order valence-corrected chi connectivity index (χ0v) is 13.4. The number of nitrogens with zero attached hydrogens (tertiary/aromatic N) is 4. The Labute approximate surface area is 136 Å². The SMILES string of the molecule is Cc1n[nH]c(C(C)Nc2cc(=O)n(C)c3ccc([N+](=O)[O-])cc23)n1. The van der Waals surface area contributed by atoms with Crippen LogP contribution in [0.2, 0.25) is 0 Å². The Balaban J connectivity index is 2.12. The molecule has 2 N–H and O–H groups in total. The molecule has 0 saturated carbocycles. The molecule has 3 aromatic rings. The standard InChI is InChI=1S/C15H16N6O3/c1-8(15-17-9(2)18-19-15)16-12-7-14(22)20(3)13-5-4-10(21(23)24)6-11(12)13/h4-8,16H,1-3H3,(H,17,18,19). The van der Waals surface area contributed by atoms with Gasteiger partial charge in [0.25, 0.3) is 11.2 Å². The molecule has 0 radical (unpaired) electrons. The summed E-state index contributed by atoms with van der Waals surface area (Å²) >= 11 is 0. The average Bonchev–Trinajstić information content (AvgIpc) is 2.98. The number of aromatic nitrogens is 4. The zero-order chi connectivity index (χ0) is 17.4. The van der Waals surface area contributed by atoms with Gasteiger partial charge in [0, 0.05) is 36.3 Å². The number of anilines is 1. The molecule has 1 atom stereocenters. The van der Waals surface area contributed by atoms with Crippen LogP contribution in [0, 0.1) is 17.0 Å². The van der Waals surface area contributed by atoms with E-state index in [0.29, 0.717) is 28.2 Å². The Bertz CT molecular complexity index is 991. The van der Waals surface area contributed by atoms with Crippen molar-refractivity contribution < 1.29 is 4.92 Å². The lowest BCUT2D eigenvalue weighted by Crippen LogP contribution is -2.18. The van der Waals surface area contributed by atoms with Gasteiger partial charge in [-0.3, -0.25) is 20.0 Å². The first kappa shape index (κ1) is 15.7. The van der Waals surface area contributed by atoms with Gasteiger partial charge < -0.3 is 9.88 Å². The fourth-order valence-corrected chi connectivity index (χ4v) is 2.54. The summed E-state index contributed by atoms with van der Waals surface area (Å²) in [6.07, 6.45) is 0. The second-order valence-electron chi connectivity index (χ2n) is 5.55. The number of hydrogen-bond acceptors (Lipinski definition) is 6. The maximum Gasteiger partial charge on any atom is 0.270 e. The molecular weight excluding hydrogens is 312 g/mol. The quantitative estimate of drug-likeness (QED) is 0.559. The predicted octanol–water partition coefficient (Wildman–Crippen LogP) is 2.05. The van der Waals surface area contributed by atoms with E-state index in [1.807, 2.05) is 6.92 Å². The first-order chi connectivity index (χ1) is 11.4. The molecule has 24 heavy (non-hydrogen) atoms. The highest BCUT2D eigenvalue weighted by atomic mass is 16.6. The van der Waals surface area contributed by atoms with Crippen LogP contribution in [0.1, 0.15) is 24.6 Å². The zero-order valence-electron chi connectivity index (χ0n) is 13.4. The summed E-state index contributed by atoms with van der Waals surface area (Å²) in [7, 11) is 1.63. The topological polar surface area (TPSA) is 119 Å². The van der Waals surface area contributed by atoms with E-state index in [2.05, 4.69) is 20.5 Å². The van der Waals surface area contributed by atoms with Crippen LogP contribution in [0.4, 0.5) is 11.4 Å². The van der Waals surface area contributed by atoms with Crippen LogP contribution in [-0.2, 0) is 7.05 Å². The number of hydrogen-bond donors (Lipinski definition) is 2. The number of nitro benzene ring substituents is 1. The molecule has 0 aliphatic heterocycles. The van der Waals surface area contributed by atoms with Gasteiger partial charge in [0.1, 0.15) is 11.6 Å². The van der Waals surface area contributed by atoms with Crippen LogP contribution in [0.25, 0.3) is 10.9 Å². The summed E-state index contributed by atoms with van der Waals surface area (Å²) in [5, 5.41) is 21.6. The number of non-ortho nitro benzene ring substituents is 1. The lowest BCUT2D eigenvalue weighted by molar-refractivity contribution is -0.384. The van der Waals surface area contributed by atoms with Crippen molar-refractivity contribution in [1.82, 2.24) is 19.7 Å². The van der Waals surface area contributed by atoms with E-state index in [-0.39, 0.29) is 17.3 Å². The molecule has 2 heterocycles. The van der Waals surface area contributed by atoms with Crippen LogP contribution in [0.5, 0.6) is 0 Å². The van der Waals surface area contributed by atoms with Crippen molar-refractivity contribution in [2.45, 2.75) is 19.9 Å². The number of fused-ring (bicyclic) bond motifs is 1. The van der Waals surface area contributed by atoms with Gasteiger partial charge in [-0.2, -0.15) is 5.10 Å². The number of nitro groups is 1. The lowest BCUT2D eigenvalue weighted by atomic mass is 10.1. The van der Waals surface area contributed by atoms with Gasteiger partial charge in [0.2, 0.25) is 0 Å². The van der Waals surface area contributed by atoms with Crippen molar-refractivity contribution in [3.05, 3.63) is 56.4 Å². The minimum atomic E-state index is -0.461. The lowest BCUT2D eigenvalue weighted by Gasteiger charge is -2.16. The van der Waals surface area contributed by atoms with Crippen molar-refractivity contribution in [2.24, 2.45) is 7.05 Å². The van der Waals surface area contributed by atoms with Crippen LogP contribution >= 0.6 is 0 Å². The molecule has 1 aromatic carbocycles. The third kappa shape index (κ3) is 2.71. The molecule has 0 fully saturated rings. The maximum atomic E-state index is 12.1. The van der Waals surface area contributed by atoms with E-state index in [1.165, 1.54) is 22.8 Å². The highest BCUT2D eigenvalue weighted by molar-refractivity contribution is 5.93. The first-order valence-electron chi connectivity index (χ1n) is 7.30. The van der Waals surface area contributed by atoms with Gasteiger partial charge in [-0.1, -0.05) is 0 Å². The molecule has 0 saturated heterocycles. The molecule has 0 bridgehead atoms. The molecule has 124 valence electrons. The largest absolute Gasteiger partial charge is 0.375 e. The molecule has 0 amide bonds. The summed E-state index contributed by atoms with van der Waals surface area (Å²) in [5.74, 6) is 1.23. The number of rotatable bonds is 4. The highest BCUT2D eigenvalue weighted by Crippen LogP contribution is 2.28. The second kappa shape index (κ2) is 5.76. The van der Waals surface area contributed by atoms with Gasteiger partial charge in [-0.25, -0.2) is 4.98 Å². The summed E-state index contributed by atoms with van der Waals surface area (Å²) in [5.41, 5.74) is 0.877. The summed E-state index contributed by atoms with van der Waals surface area (Å²) in [6, 6.07) is 5.58. The maximum absolute atomic E-state index is 12.1. The third-order valence-corrected chi connectivity index (χ3v) is 3.84. The Kier molecular flexibility index (Phi) is 3.76. The van der Waals surface area contributed by atoms with Crippen LogP contribution in [-0.4, -0.2) is 24.7 Å². The van der Waals surface area contributed by atoms with Crippen molar-refractivity contribution >= 4 is 22.3 Å². The number of nitrogens with one attached hydrogen (secondary N) is 2. The Morgan fingerprint density at radius 2 is 2.12 bits per heavy atom. The molecule has 1 unspecified atom stereocenters. The third-order valence-electron chi connectivity index (χ3n) is 3.84. The van der Waals surface area contributed by atoms with Crippen LogP contribution in [0.3, 0.4) is 0 Å². The summed E-state index contributed by atoms with van der Waals surface area (Å²) < 4.78 is 1.45. The summed E-state index contributed by atoms with van der Waals surface area (Å²) in [4.78, 5) is 27.0. The monoisotopic (exact) mass is 328 g/mol. The smallest absolute Gasteiger partial charge is 0.270 e. The van der Waals surface area contributed by atoms with E-state index in [4.69, 9.17) is 0 Å². The minimum Gasteiger partial charge on any atom is -0.375 e. The molecule has 0 spiro atoms. The van der Waals surface area contributed by atoms with Crippen LogP contribution in [0.15, 0.2) is 29.1 Å². The fraction of sp³-hybridized carbons (Fsp3) is 0.267. The number of H-pyrrole nitrogens is 1. The average molecular weight is 328 g/mol. The number of aryl methyl sites for hydroxylation is 2. The Morgan fingerprint density at radius 3 is 2.75 bits per heavy atom. The van der Waals surface area contributed by atoms with Gasteiger partial charge in [-0.15, -0.1) is 0 Å². The number of pyridine rings is 1. The first-order valence-corrected chi connectivity index (χ1v) is 7.30. The molecule has 0 aliphatic carbocycles. The molecule has 9 nitrogen and oxygen atoms in total. The normalized spacial score (nSPS) is 12.3. The van der Waals surface area contributed by atoms with Gasteiger partial charge in [0.05, 0.1) is 16.5 Å². The predicted molar refractivity (Wildman–Crippen MR) is 89.0 cm³/mol. The molecule has 2 aromatic heterocycles. The van der Waals surface area contributed by atoms with E-state index in [0.717, 1.165) is 0 Å². The van der Waals surface area contributed by atoms with Crippen molar-refractivity contribution in [3.8, 4) is 0 Å². The highest BCUT2D eigenvalue weighted by Gasteiger charge is 2.15. The van der Waals surface area contributed by atoms with E-state index in [1.54, 1.807) is 20.0 Å². The second-order valence-corrected chi connectivity index (χ2v) is 5.55. The molecule has 0 aliphatic rings. The van der Waals surface area contributed by atoms with Crippen molar-refractivity contribution in [2.75, 3.05) is 5.32 Å². The fourth-order valence-electron chi connectivity index (χ4n) is 2.54. The van der Waals surface area contributed by atoms with Gasteiger partial charge in [-0.05, 0) is 19.9 Å². The minimum absolute atomic E-state index is 0.0349. The van der Waals surface area contributed by atoms with E-state index in [9.17, 15) is 14.9 Å². The van der Waals surface area contributed by atoms with E-state index >= 15 is 0 Å². The van der Waals surface area contributed by atoms with Gasteiger partial charge >= 0.3 is 0 Å². The summed E-state index contributed by atoms with van der Waals surface area (Å²) in [6.45, 7) is 3.63. The van der Waals surface area contributed by atoms with Gasteiger partial charge in [0.15, 0.2) is 0 Å². The van der Waals surface area contributed by atoms with Crippen molar-refractivity contribution in [1.29, 1.82) is 0 Å². The van der Waals surface area contributed by atoms with E-state index < -0.39 is 4.92 Å². The Hall–Kier alpha value is -3.23. The number of benzene rings is 1. The molecular formula is C15H16N6O3. The molecule has 3 rings (SSSR count). The molecule has 9 heteroatoms. The van der Waals surface area contributed by atoms with Crippen molar-refractivity contribution in [3.63, 3.8) is 0 Å². The number of aromatic amines is 1. The Morgan fingerprint density at radius 1 is 1.38 bits per heavy atom.